The molecule has 0 saturated heterocycles. The van der Waals surface area contributed by atoms with Crippen molar-refractivity contribution < 1.29 is 19.1 Å². The van der Waals surface area contributed by atoms with Gasteiger partial charge in [0, 0.05) is 12.6 Å². The van der Waals surface area contributed by atoms with Gasteiger partial charge in [0.2, 0.25) is 5.76 Å². The van der Waals surface area contributed by atoms with Crippen LogP contribution < -0.4 is 0 Å². The summed E-state index contributed by atoms with van der Waals surface area (Å²) >= 11 is 0. The molecule has 1 aliphatic rings. The molecule has 0 radical (unpaired) electrons. The number of rotatable bonds is 6. The lowest BCUT2D eigenvalue weighted by atomic mass is 10.1. The zero-order chi connectivity index (χ0) is 16.4. The standard InChI is InChI=1S/C18H19NO4/c1-2-12-3-5-13(6-4-12)11-19(14-7-8-14)17(20)15-9-10-16(23-15)18(21)22/h3-6,9-10,14H,2,7-8,11H2,1H3,(H,21,22). The molecule has 1 aliphatic carbocycles. The van der Waals surface area contributed by atoms with Crippen molar-refractivity contribution in [3.63, 3.8) is 0 Å². The molecule has 1 heterocycles. The van der Waals surface area contributed by atoms with Gasteiger partial charge in [0.15, 0.2) is 5.76 Å². The Bertz CT molecular complexity index is 713. The second-order valence-electron chi connectivity index (χ2n) is 5.80. The van der Waals surface area contributed by atoms with Crippen LogP contribution in [0.5, 0.6) is 0 Å². The quantitative estimate of drug-likeness (QED) is 0.888. The lowest BCUT2D eigenvalue weighted by Crippen LogP contribution is -2.32. The summed E-state index contributed by atoms with van der Waals surface area (Å²) in [7, 11) is 0. The van der Waals surface area contributed by atoms with Gasteiger partial charge in [0.1, 0.15) is 0 Å². The Kier molecular flexibility index (Phi) is 4.19. The van der Waals surface area contributed by atoms with Gasteiger partial charge in [-0.15, -0.1) is 0 Å². The number of benzene rings is 1. The zero-order valence-corrected chi connectivity index (χ0v) is 13.0. The Balaban J connectivity index is 1.77. The summed E-state index contributed by atoms with van der Waals surface area (Å²) in [6.45, 7) is 2.61. The summed E-state index contributed by atoms with van der Waals surface area (Å²) in [5.74, 6) is -1.55. The van der Waals surface area contributed by atoms with E-state index in [9.17, 15) is 9.59 Å². The zero-order valence-electron chi connectivity index (χ0n) is 13.0. The fraction of sp³-hybridized carbons (Fsp3) is 0.333. The van der Waals surface area contributed by atoms with E-state index in [1.165, 1.54) is 17.7 Å². The minimum Gasteiger partial charge on any atom is -0.475 e. The first-order chi connectivity index (χ1) is 11.1. The largest absolute Gasteiger partial charge is 0.475 e. The van der Waals surface area contributed by atoms with Crippen molar-refractivity contribution in [1.82, 2.24) is 4.90 Å². The van der Waals surface area contributed by atoms with Crippen molar-refractivity contribution in [3.8, 4) is 0 Å². The van der Waals surface area contributed by atoms with Gasteiger partial charge >= 0.3 is 5.97 Å². The number of carbonyl (C=O) groups excluding carboxylic acids is 1. The highest BCUT2D eigenvalue weighted by atomic mass is 16.4. The molecule has 0 unspecified atom stereocenters. The molecule has 1 aromatic heterocycles. The molecule has 1 N–H and O–H groups in total. The molecule has 1 amide bonds. The molecule has 0 bridgehead atoms. The van der Waals surface area contributed by atoms with Crippen LogP contribution in [-0.4, -0.2) is 27.9 Å². The average molecular weight is 313 g/mol. The Labute approximate surface area is 134 Å². The first-order valence-electron chi connectivity index (χ1n) is 7.80. The van der Waals surface area contributed by atoms with Gasteiger partial charge in [-0.05, 0) is 42.5 Å². The van der Waals surface area contributed by atoms with Crippen molar-refractivity contribution in [2.24, 2.45) is 0 Å². The second-order valence-corrected chi connectivity index (χ2v) is 5.80. The summed E-state index contributed by atoms with van der Waals surface area (Å²) < 4.78 is 5.15. The molecule has 5 heteroatoms. The third kappa shape index (κ3) is 3.44. The van der Waals surface area contributed by atoms with Crippen LogP contribution in [0.2, 0.25) is 0 Å². The number of nitrogens with zero attached hydrogens (tertiary/aromatic N) is 1. The smallest absolute Gasteiger partial charge is 0.371 e. The van der Waals surface area contributed by atoms with Crippen LogP contribution in [0.4, 0.5) is 0 Å². The number of furan rings is 1. The molecule has 1 fully saturated rings. The Morgan fingerprint density at radius 3 is 2.22 bits per heavy atom. The van der Waals surface area contributed by atoms with Crippen molar-refractivity contribution in [2.45, 2.75) is 38.8 Å². The summed E-state index contributed by atoms with van der Waals surface area (Å²) in [6, 6.07) is 11.2. The fourth-order valence-corrected chi connectivity index (χ4v) is 2.54. The molecule has 0 spiro atoms. The van der Waals surface area contributed by atoms with Crippen molar-refractivity contribution in [3.05, 3.63) is 59.0 Å². The fourth-order valence-electron chi connectivity index (χ4n) is 2.54. The lowest BCUT2D eigenvalue weighted by Gasteiger charge is -2.21. The maximum absolute atomic E-state index is 12.6. The van der Waals surface area contributed by atoms with Gasteiger partial charge in [-0.2, -0.15) is 0 Å². The van der Waals surface area contributed by atoms with E-state index in [0.717, 1.165) is 24.8 Å². The predicted octanol–water partition coefficient (Wildman–Crippen LogP) is 3.35. The summed E-state index contributed by atoms with van der Waals surface area (Å²) in [5.41, 5.74) is 2.32. The van der Waals surface area contributed by atoms with E-state index in [-0.39, 0.29) is 23.5 Å². The monoisotopic (exact) mass is 313 g/mol. The van der Waals surface area contributed by atoms with Crippen molar-refractivity contribution >= 4 is 11.9 Å². The highest BCUT2D eigenvalue weighted by Crippen LogP contribution is 2.30. The molecule has 0 atom stereocenters. The topological polar surface area (TPSA) is 70.8 Å². The van der Waals surface area contributed by atoms with Crippen LogP contribution in [-0.2, 0) is 13.0 Å². The molecule has 2 aromatic rings. The van der Waals surface area contributed by atoms with Gasteiger partial charge in [-0.25, -0.2) is 4.79 Å². The first kappa shape index (κ1) is 15.3. The number of amides is 1. The summed E-state index contributed by atoms with van der Waals surface area (Å²) in [5, 5.41) is 8.91. The van der Waals surface area contributed by atoms with E-state index < -0.39 is 5.97 Å². The van der Waals surface area contributed by atoms with Crippen LogP contribution in [0, 0.1) is 0 Å². The van der Waals surface area contributed by atoms with E-state index in [4.69, 9.17) is 9.52 Å². The van der Waals surface area contributed by atoms with E-state index in [1.54, 1.807) is 4.90 Å². The van der Waals surface area contributed by atoms with E-state index in [1.807, 2.05) is 12.1 Å². The third-order valence-corrected chi connectivity index (χ3v) is 4.06. The van der Waals surface area contributed by atoms with Gasteiger partial charge in [0.05, 0.1) is 0 Å². The molecule has 23 heavy (non-hydrogen) atoms. The number of carboxylic acid groups (broad SMARTS) is 1. The predicted molar refractivity (Wildman–Crippen MR) is 84.4 cm³/mol. The molecule has 0 aliphatic heterocycles. The van der Waals surface area contributed by atoms with E-state index in [0.29, 0.717) is 6.54 Å². The van der Waals surface area contributed by atoms with Crippen LogP contribution in [0.1, 0.15) is 52.0 Å². The van der Waals surface area contributed by atoms with Gasteiger partial charge in [0.25, 0.3) is 5.91 Å². The average Bonchev–Trinajstić information content (AvgIpc) is 3.27. The normalized spacial score (nSPS) is 13.8. The number of hydrogen-bond acceptors (Lipinski definition) is 3. The number of carbonyl (C=O) groups is 2. The van der Waals surface area contributed by atoms with Crippen LogP contribution in [0.15, 0.2) is 40.8 Å². The molecule has 5 nitrogen and oxygen atoms in total. The Morgan fingerprint density at radius 1 is 1.09 bits per heavy atom. The Hall–Kier alpha value is -2.56. The maximum atomic E-state index is 12.6. The van der Waals surface area contributed by atoms with Gasteiger partial charge in [-0.3, -0.25) is 4.79 Å². The molecule has 1 saturated carbocycles. The minimum atomic E-state index is -1.17. The minimum absolute atomic E-state index is 0.0829. The molecular formula is C18H19NO4. The number of hydrogen-bond donors (Lipinski definition) is 1. The van der Waals surface area contributed by atoms with E-state index in [2.05, 4.69) is 19.1 Å². The number of carboxylic acids is 1. The molecule has 3 rings (SSSR count). The third-order valence-electron chi connectivity index (χ3n) is 4.06. The summed E-state index contributed by atoms with van der Waals surface area (Å²) in [6.07, 6.45) is 2.94. The van der Waals surface area contributed by atoms with Crippen LogP contribution in [0.25, 0.3) is 0 Å². The van der Waals surface area contributed by atoms with Crippen molar-refractivity contribution in [1.29, 1.82) is 0 Å². The maximum Gasteiger partial charge on any atom is 0.371 e. The number of aromatic carboxylic acids is 1. The molecule has 120 valence electrons. The molecular weight excluding hydrogens is 294 g/mol. The van der Waals surface area contributed by atoms with Crippen LogP contribution in [0.3, 0.4) is 0 Å². The van der Waals surface area contributed by atoms with Gasteiger partial charge in [-0.1, -0.05) is 31.2 Å². The first-order valence-corrected chi connectivity index (χ1v) is 7.80. The van der Waals surface area contributed by atoms with E-state index >= 15 is 0 Å². The SMILES string of the molecule is CCc1ccc(CN(C(=O)c2ccc(C(=O)O)o2)C2CC2)cc1. The molecule has 1 aromatic carbocycles. The number of aryl methyl sites for hydroxylation is 1. The highest BCUT2D eigenvalue weighted by Gasteiger charge is 2.34. The highest BCUT2D eigenvalue weighted by molar-refractivity contribution is 5.93. The van der Waals surface area contributed by atoms with Crippen LogP contribution >= 0.6 is 0 Å². The summed E-state index contributed by atoms with van der Waals surface area (Å²) in [4.78, 5) is 25.3. The van der Waals surface area contributed by atoms with Gasteiger partial charge < -0.3 is 14.4 Å². The van der Waals surface area contributed by atoms with Crippen molar-refractivity contribution in [2.75, 3.05) is 0 Å². The second kappa shape index (κ2) is 6.28. The lowest BCUT2D eigenvalue weighted by molar-refractivity contribution is 0.0644. The Morgan fingerprint density at radius 2 is 1.70 bits per heavy atom.